The number of aliphatic carboxylic acids is 1. The van der Waals surface area contributed by atoms with Crippen LogP contribution in [-0.4, -0.2) is 93.7 Å². The van der Waals surface area contributed by atoms with Crippen molar-refractivity contribution >= 4 is 61.3 Å². The Bertz CT molecular complexity index is 1820. The summed E-state index contributed by atoms with van der Waals surface area (Å²) in [5.74, 6) is -2.53. The number of anilines is 1. The number of carboxylic acids is 1. The third-order valence-electron chi connectivity index (χ3n) is 7.97. The highest BCUT2D eigenvalue weighted by molar-refractivity contribution is 7.80. The normalized spacial score (nSPS) is 19.3. The van der Waals surface area contributed by atoms with Crippen molar-refractivity contribution in [1.82, 2.24) is 25.4 Å². The Morgan fingerprint density at radius 1 is 1.34 bits per heavy atom. The Morgan fingerprint density at radius 3 is 2.68 bits per heavy atom. The van der Waals surface area contributed by atoms with E-state index in [2.05, 4.69) is 34.4 Å². The third kappa shape index (κ3) is 7.62. The van der Waals surface area contributed by atoms with Crippen LogP contribution in [0.25, 0.3) is 10.9 Å². The first-order valence-electron chi connectivity index (χ1n) is 14.4. The van der Waals surface area contributed by atoms with E-state index in [1.807, 2.05) is 19.3 Å². The lowest BCUT2D eigenvalue weighted by Gasteiger charge is -2.51. The number of hydrogen-bond donors (Lipinski definition) is 4. The first kappa shape index (κ1) is 34.0. The zero-order valence-electron chi connectivity index (χ0n) is 25.6. The largest absolute Gasteiger partial charge is 0.724 e. The van der Waals surface area contributed by atoms with Crippen molar-refractivity contribution in [3.05, 3.63) is 35.5 Å². The van der Waals surface area contributed by atoms with E-state index < -0.39 is 58.2 Å². The van der Waals surface area contributed by atoms with E-state index in [0.717, 1.165) is 54.7 Å². The van der Waals surface area contributed by atoms with Gasteiger partial charge in [-0.1, -0.05) is 5.16 Å². The highest BCUT2D eigenvalue weighted by Crippen LogP contribution is 2.33. The van der Waals surface area contributed by atoms with Crippen LogP contribution < -0.4 is 25.8 Å². The number of benzene rings is 1. The monoisotopic (exact) mass is 694 g/mol. The molecule has 0 saturated carbocycles. The van der Waals surface area contributed by atoms with Crippen LogP contribution in [0.3, 0.4) is 0 Å². The number of nitrogen functional groups attached to an aromatic ring is 1. The van der Waals surface area contributed by atoms with Crippen molar-refractivity contribution in [1.29, 1.82) is 0 Å². The number of nitrogens with one attached hydrogen (secondary N) is 2. The molecule has 254 valence electrons. The Morgan fingerprint density at radius 2 is 2.06 bits per heavy atom. The quantitative estimate of drug-likeness (QED) is 0.0431. The Hall–Kier alpha value is -4.37. The molecule has 2 saturated heterocycles. The van der Waals surface area contributed by atoms with Gasteiger partial charge in [0, 0.05) is 11.3 Å². The summed E-state index contributed by atoms with van der Waals surface area (Å²) in [5.41, 5.74) is 4.62. The first-order valence-corrected chi connectivity index (χ1v) is 16.7. The molecule has 2 aromatic heterocycles. The summed E-state index contributed by atoms with van der Waals surface area (Å²) in [5, 5.41) is 21.9. The maximum Gasteiger partial charge on any atom is 0.351 e. The zero-order valence-corrected chi connectivity index (χ0v) is 27.2. The number of carbonyl (C=O) groups is 3. The Kier molecular flexibility index (Phi) is 9.68. The number of piperidine rings is 1. The van der Waals surface area contributed by atoms with Crippen LogP contribution in [0.15, 0.2) is 34.9 Å². The van der Waals surface area contributed by atoms with Gasteiger partial charge in [-0.05, 0) is 58.0 Å². The number of nitrogens with zero attached hydrogens (tertiary/aromatic N) is 5. The zero-order chi connectivity index (χ0) is 34.1. The van der Waals surface area contributed by atoms with Crippen molar-refractivity contribution in [3.63, 3.8) is 0 Å². The molecule has 4 heterocycles. The molecule has 0 aliphatic carbocycles. The van der Waals surface area contributed by atoms with Crippen LogP contribution in [-0.2, 0) is 47.5 Å². The van der Waals surface area contributed by atoms with Crippen LogP contribution in [0.1, 0.15) is 32.4 Å². The van der Waals surface area contributed by atoms with Crippen LogP contribution in [0, 0.1) is 5.92 Å². The summed E-state index contributed by atoms with van der Waals surface area (Å²) in [6, 6.07) is 4.02. The predicted molar refractivity (Wildman–Crippen MR) is 163 cm³/mol. The molecule has 0 spiro atoms. The lowest BCUT2D eigenvalue weighted by molar-refractivity contribution is -0.776. The Balaban J connectivity index is 1.28. The van der Waals surface area contributed by atoms with Crippen LogP contribution in [0.4, 0.5) is 5.13 Å². The smallest absolute Gasteiger partial charge is 0.351 e. The molecule has 5 rings (SSSR count). The van der Waals surface area contributed by atoms with Crippen molar-refractivity contribution < 1.29 is 51.0 Å². The van der Waals surface area contributed by atoms with Crippen molar-refractivity contribution in [2.75, 3.05) is 25.4 Å². The average molecular weight is 695 g/mol. The van der Waals surface area contributed by atoms with Crippen molar-refractivity contribution in [2.45, 2.75) is 50.9 Å². The SMILES string of the molecule is Cn1c2ccc(OC[C@H](O/N=C(\C(=O)NC3C(=O)N(OS(=O)(=O)[O-])C3(C)C)c3csc(N)n3)C(=O)O)cc2c[n+]1CC1CCNCC1. The van der Waals surface area contributed by atoms with Crippen molar-refractivity contribution in [3.8, 4) is 5.75 Å². The number of hydrogen-bond acceptors (Lipinski definition) is 14. The van der Waals surface area contributed by atoms with Gasteiger partial charge in [0.15, 0.2) is 17.4 Å². The number of β-lactam (4-membered cyclic amide) rings is 1. The van der Waals surface area contributed by atoms with Gasteiger partial charge < -0.3 is 35.6 Å². The molecule has 2 atom stereocenters. The molecule has 18 nitrogen and oxygen atoms in total. The number of aryl methyl sites for hydroxylation is 1. The van der Waals surface area contributed by atoms with Gasteiger partial charge in [-0.15, -0.1) is 16.0 Å². The molecule has 20 heteroatoms. The number of thiazole rings is 1. The fourth-order valence-corrected chi connectivity index (χ4v) is 6.36. The van der Waals surface area contributed by atoms with Crippen LogP contribution >= 0.6 is 11.3 Å². The highest BCUT2D eigenvalue weighted by atomic mass is 32.3. The molecule has 2 amide bonds. The second kappa shape index (κ2) is 13.4. The fourth-order valence-electron chi connectivity index (χ4n) is 5.36. The minimum absolute atomic E-state index is 0.0623. The van der Waals surface area contributed by atoms with E-state index in [9.17, 15) is 32.5 Å². The minimum Gasteiger partial charge on any atom is -0.724 e. The molecule has 1 unspecified atom stereocenters. The van der Waals surface area contributed by atoms with Gasteiger partial charge >= 0.3 is 5.97 Å². The van der Waals surface area contributed by atoms with Gasteiger partial charge in [-0.2, -0.15) is 14.0 Å². The summed E-state index contributed by atoms with van der Waals surface area (Å²) >= 11 is 0.963. The summed E-state index contributed by atoms with van der Waals surface area (Å²) in [6.45, 7) is 5.08. The van der Waals surface area contributed by atoms with Gasteiger partial charge in [0.05, 0.1) is 18.0 Å². The number of carboxylic acid groups (broad SMARTS) is 1. The fraction of sp³-hybridized carbons (Fsp3) is 0.481. The molecule has 5 N–H and O–H groups in total. The minimum atomic E-state index is -5.26. The third-order valence-corrected chi connectivity index (χ3v) is 8.98. The average Bonchev–Trinajstić information content (AvgIpc) is 3.57. The molecule has 0 bridgehead atoms. The molecule has 2 fully saturated rings. The van der Waals surface area contributed by atoms with E-state index in [0.29, 0.717) is 16.7 Å². The number of nitrogens with two attached hydrogens (primary N) is 1. The molecule has 2 aliphatic heterocycles. The van der Waals surface area contributed by atoms with Gasteiger partial charge in [0.2, 0.25) is 16.6 Å². The molecule has 1 aromatic carbocycles. The van der Waals surface area contributed by atoms with Crippen molar-refractivity contribution in [2.24, 2.45) is 18.1 Å². The molecular formula is C27H34N8O10S2. The number of amides is 2. The highest BCUT2D eigenvalue weighted by Gasteiger charge is 2.57. The Labute approximate surface area is 272 Å². The molecule has 3 aromatic rings. The summed E-state index contributed by atoms with van der Waals surface area (Å²) in [6.07, 6.45) is 2.54. The summed E-state index contributed by atoms with van der Waals surface area (Å²) in [7, 11) is -3.29. The summed E-state index contributed by atoms with van der Waals surface area (Å²) in [4.78, 5) is 47.0. The van der Waals surface area contributed by atoms with E-state index >= 15 is 0 Å². The second-order valence-electron chi connectivity index (χ2n) is 11.6. The van der Waals surface area contributed by atoms with Crippen LogP contribution in [0.5, 0.6) is 5.75 Å². The van der Waals surface area contributed by atoms with Gasteiger partial charge in [0.25, 0.3) is 17.9 Å². The molecule has 2 aliphatic rings. The molecule has 0 radical (unpaired) electrons. The number of ether oxygens (including phenoxy) is 1. The number of aromatic nitrogens is 3. The van der Waals surface area contributed by atoms with Gasteiger partial charge in [0.1, 0.15) is 29.6 Å². The van der Waals surface area contributed by atoms with E-state index in [1.54, 1.807) is 12.1 Å². The molecule has 47 heavy (non-hydrogen) atoms. The molecular weight excluding hydrogens is 660 g/mol. The number of fused-ring (bicyclic) bond motifs is 1. The maximum absolute atomic E-state index is 13.2. The number of rotatable bonds is 13. The number of carbonyl (C=O) groups excluding carboxylic acids is 2. The van der Waals surface area contributed by atoms with E-state index in [4.69, 9.17) is 15.3 Å². The number of oxime groups is 1. The number of hydroxylamine groups is 2. The van der Waals surface area contributed by atoms with Gasteiger partial charge in [-0.3, -0.25) is 9.59 Å². The predicted octanol–water partition coefficient (Wildman–Crippen LogP) is -0.746. The first-order chi connectivity index (χ1) is 22.1. The van der Waals surface area contributed by atoms with Crippen LogP contribution in [0.2, 0.25) is 0 Å². The van der Waals surface area contributed by atoms with E-state index in [-0.39, 0.29) is 10.8 Å². The maximum atomic E-state index is 13.2. The van der Waals surface area contributed by atoms with E-state index in [1.165, 1.54) is 19.2 Å². The second-order valence-corrected chi connectivity index (χ2v) is 13.5. The standard InChI is InChI=1S/C27H34N8O10S2/c1-27(2)22(24(37)35(27)45-47(40,41)42)31-23(36)21(18-14-46-26(28)30-18)32-44-20(25(38)39)13-43-17-4-5-19-16(10-17)12-34(33(19)3)11-15-6-8-29-9-7-15/h4-5,10,12,14-15,20,22,29H,6-9,11,13H2,1-3H3,(H4-,28,30,31,36,38,39,40,41,42)/b32-21-/t20-,22?/m0/s1. The topological polar surface area (TPSA) is 244 Å². The lowest BCUT2D eigenvalue weighted by Crippen LogP contribution is -2.76. The lowest BCUT2D eigenvalue weighted by atomic mass is 9.84. The summed E-state index contributed by atoms with van der Waals surface area (Å²) < 4.78 is 47.1. The van der Waals surface area contributed by atoms with Gasteiger partial charge in [-0.25, -0.2) is 18.2 Å².